The zero-order chi connectivity index (χ0) is 19.3. The van der Waals surface area contributed by atoms with E-state index in [4.69, 9.17) is 6.42 Å². The largest absolute Gasteiger partial charge is 0.389 e. The van der Waals surface area contributed by atoms with Crippen molar-refractivity contribution in [1.29, 1.82) is 0 Å². The first-order chi connectivity index (χ1) is 12.4. The molecule has 1 unspecified atom stereocenters. The second kappa shape index (κ2) is 8.54. The molecule has 0 aromatic heterocycles. The van der Waals surface area contributed by atoms with Crippen molar-refractivity contribution in [3.05, 3.63) is 53.1 Å². The van der Waals surface area contributed by atoms with Crippen LogP contribution in [0.25, 0.3) is 11.1 Å². The van der Waals surface area contributed by atoms with E-state index in [2.05, 4.69) is 16.3 Å². The van der Waals surface area contributed by atoms with Gasteiger partial charge in [0, 0.05) is 18.7 Å². The predicted octanol–water partition coefficient (Wildman–Crippen LogP) is 5.01. The van der Waals surface area contributed by atoms with Crippen molar-refractivity contribution in [2.24, 2.45) is 10.3 Å². The van der Waals surface area contributed by atoms with Gasteiger partial charge in [0.2, 0.25) is 0 Å². The number of nitrogens with zero attached hydrogens (tertiary/aromatic N) is 3. The maximum absolute atomic E-state index is 14.5. The standard InChI is InChI=1S/C20H21F2N3O/c1-5-16-18(22)12-17(13(4)26)19(14-9-8-10-15(21)11-14)20(16)23-24-25(6-2)7-3/h1,8-13,26H,6-7H2,2-4H3. The lowest BCUT2D eigenvalue weighted by Gasteiger charge is -2.18. The Morgan fingerprint density at radius 2 is 1.92 bits per heavy atom. The van der Waals surface area contributed by atoms with Gasteiger partial charge in [-0.2, -0.15) is 0 Å². The van der Waals surface area contributed by atoms with Gasteiger partial charge in [-0.05, 0) is 50.1 Å². The van der Waals surface area contributed by atoms with Crippen LogP contribution >= 0.6 is 0 Å². The summed E-state index contributed by atoms with van der Waals surface area (Å²) in [5.74, 6) is 1.15. The van der Waals surface area contributed by atoms with E-state index in [-0.39, 0.29) is 16.8 Å². The van der Waals surface area contributed by atoms with E-state index in [0.717, 1.165) is 6.07 Å². The molecule has 0 heterocycles. The Bertz CT molecular complexity index is 853. The molecule has 26 heavy (non-hydrogen) atoms. The molecule has 4 nitrogen and oxygen atoms in total. The quantitative estimate of drug-likeness (QED) is 0.449. The fourth-order valence-electron chi connectivity index (χ4n) is 2.63. The van der Waals surface area contributed by atoms with Crippen molar-refractivity contribution >= 4 is 5.69 Å². The number of halogens is 2. The maximum atomic E-state index is 14.5. The van der Waals surface area contributed by atoms with Crippen LogP contribution < -0.4 is 0 Å². The number of aliphatic hydroxyl groups is 1. The molecule has 1 N–H and O–H groups in total. The highest BCUT2D eigenvalue weighted by Gasteiger charge is 2.22. The molecule has 0 saturated carbocycles. The topological polar surface area (TPSA) is 48.2 Å². The highest BCUT2D eigenvalue weighted by Crippen LogP contribution is 2.41. The number of rotatable bonds is 6. The first-order valence-corrected chi connectivity index (χ1v) is 8.36. The Morgan fingerprint density at radius 1 is 1.23 bits per heavy atom. The molecule has 0 radical (unpaired) electrons. The molecular formula is C20H21F2N3O. The third-order valence-electron chi connectivity index (χ3n) is 3.99. The number of hydrogen-bond donors (Lipinski definition) is 1. The number of benzene rings is 2. The van der Waals surface area contributed by atoms with Gasteiger partial charge in [-0.3, -0.25) is 5.01 Å². The van der Waals surface area contributed by atoms with Gasteiger partial charge in [-0.15, -0.1) is 11.5 Å². The fraction of sp³-hybridized carbons (Fsp3) is 0.300. The molecule has 0 saturated heterocycles. The first-order valence-electron chi connectivity index (χ1n) is 8.36. The lowest BCUT2D eigenvalue weighted by atomic mass is 9.92. The summed E-state index contributed by atoms with van der Waals surface area (Å²) in [4.78, 5) is 0. The first kappa shape index (κ1) is 19.5. The molecule has 2 rings (SSSR count). The van der Waals surface area contributed by atoms with Crippen LogP contribution in [0.3, 0.4) is 0 Å². The lowest BCUT2D eigenvalue weighted by molar-refractivity contribution is 0.199. The fourth-order valence-corrected chi connectivity index (χ4v) is 2.63. The van der Waals surface area contributed by atoms with Crippen molar-refractivity contribution in [3.8, 4) is 23.5 Å². The Morgan fingerprint density at radius 3 is 2.46 bits per heavy atom. The highest BCUT2D eigenvalue weighted by molar-refractivity contribution is 5.83. The Labute approximate surface area is 152 Å². The number of terminal acetylenes is 1. The second-order valence-corrected chi connectivity index (χ2v) is 5.71. The second-order valence-electron chi connectivity index (χ2n) is 5.71. The molecule has 0 aliphatic rings. The summed E-state index contributed by atoms with van der Waals surface area (Å²) in [7, 11) is 0. The summed E-state index contributed by atoms with van der Waals surface area (Å²) in [6.45, 7) is 6.53. The molecule has 0 amide bonds. The van der Waals surface area contributed by atoms with Crippen LogP contribution in [0.4, 0.5) is 14.5 Å². The van der Waals surface area contributed by atoms with Crippen LogP contribution in [0, 0.1) is 24.0 Å². The van der Waals surface area contributed by atoms with Gasteiger partial charge in [0.05, 0.1) is 11.7 Å². The Hall–Kier alpha value is -2.78. The highest BCUT2D eigenvalue weighted by atomic mass is 19.1. The molecular weight excluding hydrogens is 336 g/mol. The van der Waals surface area contributed by atoms with E-state index in [1.807, 2.05) is 13.8 Å². The molecule has 6 heteroatoms. The van der Waals surface area contributed by atoms with Crippen molar-refractivity contribution in [2.45, 2.75) is 26.9 Å². The van der Waals surface area contributed by atoms with Crippen molar-refractivity contribution < 1.29 is 13.9 Å². The van der Waals surface area contributed by atoms with E-state index in [1.54, 1.807) is 11.1 Å². The maximum Gasteiger partial charge on any atom is 0.141 e. The normalized spacial score (nSPS) is 12.2. The smallest absolute Gasteiger partial charge is 0.141 e. The minimum Gasteiger partial charge on any atom is -0.389 e. The van der Waals surface area contributed by atoms with Crippen LogP contribution in [0.1, 0.15) is 38.0 Å². The van der Waals surface area contributed by atoms with Crippen molar-refractivity contribution in [2.75, 3.05) is 13.1 Å². The van der Waals surface area contributed by atoms with E-state index in [1.165, 1.54) is 25.1 Å². The minimum absolute atomic E-state index is 0.0791. The van der Waals surface area contributed by atoms with Gasteiger partial charge in [-0.25, -0.2) is 8.78 Å². The molecule has 0 aliphatic heterocycles. The SMILES string of the molecule is C#Cc1c(F)cc(C(C)O)c(-c2cccc(F)c2)c1N=NN(CC)CC. The van der Waals surface area contributed by atoms with Gasteiger partial charge < -0.3 is 5.11 Å². The zero-order valence-corrected chi connectivity index (χ0v) is 15.0. The van der Waals surface area contributed by atoms with E-state index in [0.29, 0.717) is 24.2 Å². The summed E-state index contributed by atoms with van der Waals surface area (Å²) in [6, 6.07) is 6.93. The number of hydrogen-bond acceptors (Lipinski definition) is 3. The predicted molar refractivity (Wildman–Crippen MR) is 97.8 cm³/mol. The van der Waals surface area contributed by atoms with Crippen LogP contribution in [-0.2, 0) is 0 Å². The van der Waals surface area contributed by atoms with Gasteiger partial charge >= 0.3 is 0 Å². The molecule has 1 atom stereocenters. The molecule has 0 bridgehead atoms. The average molecular weight is 357 g/mol. The van der Waals surface area contributed by atoms with Gasteiger partial charge in [-0.1, -0.05) is 23.3 Å². The van der Waals surface area contributed by atoms with Gasteiger partial charge in [0.25, 0.3) is 0 Å². The van der Waals surface area contributed by atoms with Crippen molar-refractivity contribution in [3.63, 3.8) is 0 Å². The third kappa shape index (κ3) is 4.06. The summed E-state index contributed by atoms with van der Waals surface area (Å²) in [6.07, 6.45) is 4.48. The van der Waals surface area contributed by atoms with Gasteiger partial charge in [0.1, 0.15) is 17.3 Å². The van der Waals surface area contributed by atoms with Crippen molar-refractivity contribution in [1.82, 2.24) is 5.01 Å². The molecule has 0 fully saturated rings. The molecule has 136 valence electrons. The van der Waals surface area contributed by atoms with Crippen LogP contribution in [-0.4, -0.2) is 23.2 Å². The summed E-state index contributed by atoms with van der Waals surface area (Å²) < 4.78 is 28.3. The molecule has 0 aliphatic carbocycles. The van der Waals surface area contributed by atoms with E-state index >= 15 is 0 Å². The average Bonchev–Trinajstić information content (AvgIpc) is 2.62. The zero-order valence-electron chi connectivity index (χ0n) is 15.0. The summed E-state index contributed by atoms with van der Waals surface area (Å²) in [5.41, 5.74) is 1.08. The lowest BCUT2D eigenvalue weighted by Crippen LogP contribution is -2.14. The van der Waals surface area contributed by atoms with E-state index < -0.39 is 17.7 Å². The number of aliphatic hydroxyl groups excluding tert-OH is 1. The minimum atomic E-state index is -1.00. The molecule has 2 aromatic carbocycles. The summed E-state index contributed by atoms with van der Waals surface area (Å²) in [5, 5.41) is 20.1. The Balaban J connectivity index is 2.83. The van der Waals surface area contributed by atoms with E-state index in [9.17, 15) is 13.9 Å². The van der Waals surface area contributed by atoms with Crippen LogP contribution in [0.2, 0.25) is 0 Å². The third-order valence-corrected chi connectivity index (χ3v) is 3.99. The molecule has 2 aromatic rings. The molecule has 0 spiro atoms. The monoisotopic (exact) mass is 357 g/mol. The Kier molecular flexibility index (Phi) is 6.42. The van der Waals surface area contributed by atoms with Crippen LogP contribution in [0.5, 0.6) is 0 Å². The van der Waals surface area contributed by atoms with Gasteiger partial charge in [0.15, 0.2) is 0 Å². The summed E-state index contributed by atoms with van der Waals surface area (Å²) >= 11 is 0. The van der Waals surface area contributed by atoms with Crippen LogP contribution in [0.15, 0.2) is 40.7 Å².